The Labute approximate surface area is 109 Å². The number of methoxy groups -OCH3 is 1. The molecular weight excluding hydrogens is 226 g/mol. The van der Waals surface area contributed by atoms with Gasteiger partial charge in [0.25, 0.3) is 0 Å². The highest BCUT2D eigenvalue weighted by Gasteiger charge is 2.45. The molecule has 0 aliphatic heterocycles. The molecule has 1 saturated carbocycles. The maximum Gasteiger partial charge on any atom is 0.162 e. The van der Waals surface area contributed by atoms with Crippen molar-refractivity contribution in [1.82, 2.24) is 5.32 Å². The Balaban J connectivity index is 1.92. The number of benzene rings is 1. The lowest BCUT2D eigenvalue weighted by Crippen LogP contribution is -2.35. The van der Waals surface area contributed by atoms with Gasteiger partial charge in [0.15, 0.2) is 11.5 Å². The van der Waals surface area contributed by atoms with Gasteiger partial charge in [-0.2, -0.15) is 0 Å². The van der Waals surface area contributed by atoms with Crippen molar-refractivity contribution in [2.45, 2.75) is 32.3 Å². The van der Waals surface area contributed by atoms with Crippen molar-refractivity contribution in [3.05, 3.63) is 24.3 Å². The van der Waals surface area contributed by atoms with E-state index >= 15 is 0 Å². The Morgan fingerprint density at radius 3 is 2.44 bits per heavy atom. The molecule has 1 fully saturated rings. The van der Waals surface area contributed by atoms with E-state index in [1.54, 1.807) is 7.11 Å². The van der Waals surface area contributed by atoms with Gasteiger partial charge in [-0.25, -0.2) is 0 Å². The largest absolute Gasteiger partial charge is 0.493 e. The molecule has 1 aromatic carbocycles. The highest BCUT2D eigenvalue weighted by atomic mass is 16.5. The molecule has 18 heavy (non-hydrogen) atoms. The van der Waals surface area contributed by atoms with Gasteiger partial charge in [0.05, 0.1) is 7.11 Å². The monoisotopic (exact) mass is 249 g/mol. The van der Waals surface area contributed by atoms with Gasteiger partial charge in [0, 0.05) is 6.54 Å². The summed E-state index contributed by atoms with van der Waals surface area (Å²) >= 11 is 0. The van der Waals surface area contributed by atoms with Crippen LogP contribution in [-0.2, 0) is 0 Å². The van der Waals surface area contributed by atoms with Crippen molar-refractivity contribution in [2.75, 3.05) is 20.2 Å². The average Bonchev–Trinajstić information content (AvgIpc) is 3.09. The second kappa shape index (κ2) is 5.61. The van der Waals surface area contributed by atoms with E-state index in [1.807, 2.05) is 24.3 Å². The SMILES string of the molecule is COc1ccccc1OC1(CNCC(C)C)CC1. The maximum atomic E-state index is 6.13. The van der Waals surface area contributed by atoms with E-state index in [1.165, 1.54) is 0 Å². The number of ether oxygens (including phenoxy) is 2. The van der Waals surface area contributed by atoms with Gasteiger partial charge in [-0.1, -0.05) is 26.0 Å². The fourth-order valence-corrected chi connectivity index (χ4v) is 1.98. The standard InChI is InChI=1S/C15H23NO2/c1-12(2)10-16-11-15(8-9-15)18-14-7-5-4-6-13(14)17-3/h4-7,12,16H,8-11H2,1-3H3. The number of hydrogen-bond acceptors (Lipinski definition) is 3. The molecule has 100 valence electrons. The molecule has 0 aromatic heterocycles. The van der Waals surface area contributed by atoms with Crippen LogP contribution in [0.25, 0.3) is 0 Å². The van der Waals surface area contributed by atoms with Gasteiger partial charge in [-0.05, 0) is 37.4 Å². The van der Waals surface area contributed by atoms with Crippen LogP contribution in [0, 0.1) is 5.92 Å². The number of nitrogens with one attached hydrogen (secondary N) is 1. The first-order chi connectivity index (χ1) is 8.65. The van der Waals surface area contributed by atoms with Crippen LogP contribution in [0.4, 0.5) is 0 Å². The quantitative estimate of drug-likeness (QED) is 0.806. The topological polar surface area (TPSA) is 30.5 Å². The van der Waals surface area contributed by atoms with E-state index in [0.29, 0.717) is 5.92 Å². The first kappa shape index (κ1) is 13.2. The van der Waals surface area contributed by atoms with Gasteiger partial charge < -0.3 is 14.8 Å². The molecule has 0 radical (unpaired) electrons. The highest BCUT2D eigenvalue weighted by molar-refractivity contribution is 5.40. The van der Waals surface area contributed by atoms with E-state index in [4.69, 9.17) is 9.47 Å². The van der Waals surface area contributed by atoms with Gasteiger partial charge in [0.1, 0.15) is 5.60 Å². The summed E-state index contributed by atoms with van der Waals surface area (Å²) in [7, 11) is 1.68. The second-order valence-electron chi connectivity index (χ2n) is 5.46. The number of hydrogen-bond donors (Lipinski definition) is 1. The van der Waals surface area contributed by atoms with Crippen LogP contribution in [0.2, 0.25) is 0 Å². The fraction of sp³-hybridized carbons (Fsp3) is 0.600. The summed E-state index contributed by atoms with van der Waals surface area (Å²) in [6.45, 7) is 6.39. The molecule has 1 aliphatic carbocycles. The molecule has 0 heterocycles. The van der Waals surface area contributed by atoms with Gasteiger partial charge in [0.2, 0.25) is 0 Å². The summed E-state index contributed by atoms with van der Waals surface area (Å²) in [5, 5.41) is 3.48. The highest BCUT2D eigenvalue weighted by Crippen LogP contribution is 2.42. The van der Waals surface area contributed by atoms with Crippen LogP contribution in [0.5, 0.6) is 11.5 Å². The molecule has 0 spiro atoms. The molecule has 0 bridgehead atoms. The first-order valence-corrected chi connectivity index (χ1v) is 6.68. The van der Waals surface area contributed by atoms with E-state index in [0.717, 1.165) is 37.4 Å². The van der Waals surface area contributed by atoms with Crippen molar-refractivity contribution in [1.29, 1.82) is 0 Å². The predicted octanol–water partition coefficient (Wildman–Crippen LogP) is 2.85. The smallest absolute Gasteiger partial charge is 0.162 e. The lowest BCUT2D eigenvalue weighted by Gasteiger charge is -2.20. The minimum atomic E-state index is -0.0104. The first-order valence-electron chi connectivity index (χ1n) is 6.68. The number of rotatable bonds is 7. The third-order valence-electron chi connectivity index (χ3n) is 3.20. The summed E-state index contributed by atoms with van der Waals surface area (Å²) in [6.07, 6.45) is 2.24. The molecule has 0 amide bonds. The lowest BCUT2D eigenvalue weighted by atomic mass is 10.2. The average molecular weight is 249 g/mol. The van der Waals surface area contributed by atoms with E-state index in [-0.39, 0.29) is 5.60 Å². The Kier molecular flexibility index (Phi) is 4.12. The van der Waals surface area contributed by atoms with Gasteiger partial charge >= 0.3 is 0 Å². The van der Waals surface area contributed by atoms with Crippen LogP contribution in [0.15, 0.2) is 24.3 Å². The van der Waals surface area contributed by atoms with Crippen molar-refractivity contribution < 1.29 is 9.47 Å². The fourth-order valence-electron chi connectivity index (χ4n) is 1.98. The Bertz CT molecular complexity index is 386. The Morgan fingerprint density at radius 2 is 1.89 bits per heavy atom. The molecule has 0 atom stereocenters. The summed E-state index contributed by atoms with van der Waals surface area (Å²) in [5.74, 6) is 2.34. The van der Waals surface area contributed by atoms with Crippen LogP contribution in [0.1, 0.15) is 26.7 Å². The normalized spacial score (nSPS) is 16.7. The molecule has 3 heteroatoms. The Hall–Kier alpha value is -1.22. The molecule has 0 saturated heterocycles. The lowest BCUT2D eigenvalue weighted by molar-refractivity contribution is 0.167. The zero-order chi connectivity index (χ0) is 13.0. The second-order valence-corrected chi connectivity index (χ2v) is 5.46. The summed E-state index contributed by atoms with van der Waals surface area (Å²) in [4.78, 5) is 0. The van der Waals surface area contributed by atoms with Gasteiger partial charge in [-0.3, -0.25) is 0 Å². The molecule has 1 aromatic rings. The van der Waals surface area contributed by atoms with Crippen molar-refractivity contribution >= 4 is 0 Å². The van der Waals surface area contributed by atoms with Crippen LogP contribution < -0.4 is 14.8 Å². The molecule has 3 nitrogen and oxygen atoms in total. The molecular formula is C15H23NO2. The third-order valence-corrected chi connectivity index (χ3v) is 3.20. The van der Waals surface area contributed by atoms with Crippen LogP contribution in [-0.4, -0.2) is 25.8 Å². The zero-order valence-corrected chi connectivity index (χ0v) is 11.5. The van der Waals surface area contributed by atoms with Crippen molar-refractivity contribution in [3.63, 3.8) is 0 Å². The summed E-state index contributed by atoms with van der Waals surface area (Å²) in [5.41, 5.74) is -0.0104. The summed E-state index contributed by atoms with van der Waals surface area (Å²) in [6, 6.07) is 7.85. The van der Waals surface area contributed by atoms with E-state index < -0.39 is 0 Å². The van der Waals surface area contributed by atoms with Crippen LogP contribution in [0.3, 0.4) is 0 Å². The maximum absolute atomic E-state index is 6.13. The van der Waals surface area contributed by atoms with Crippen LogP contribution >= 0.6 is 0 Å². The molecule has 1 N–H and O–H groups in total. The predicted molar refractivity (Wildman–Crippen MR) is 73.3 cm³/mol. The minimum Gasteiger partial charge on any atom is -0.493 e. The minimum absolute atomic E-state index is 0.0104. The Morgan fingerprint density at radius 1 is 1.22 bits per heavy atom. The van der Waals surface area contributed by atoms with E-state index in [9.17, 15) is 0 Å². The summed E-state index contributed by atoms with van der Waals surface area (Å²) < 4.78 is 11.4. The zero-order valence-electron chi connectivity index (χ0n) is 11.5. The molecule has 1 aliphatic rings. The third kappa shape index (κ3) is 3.39. The van der Waals surface area contributed by atoms with Crippen molar-refractivity contribution in [3.8, 4) is 11.5 Å². The number of para-hydroxylation sites is 2. The molecule has 0 unspecified atom stereocenters. The molecule has 2 rings (SSSR count). The van der Waals surface area contributed by atoms with E-state index in [2.05, 4.69) is 19.2 Å². The van der Waals surface area contributed by atoms with Crippen molar-refractivity contribution in [2.24, 2.45) is 5.92 Å². The van der Waals surface area contributed by atoms with Gasteiger partial charge in [-0.15, -0.1) is 0 Å².